The molecule has 2 aliphatic heterocycles. The first kappa shape index (κ1) is 11.5. The Morgan fingerprint density at radius 3 is 2.74 bits per heavy atom. The molecule has 2 aromatic rings. The van der Waals surface area contributed by atoms with E-state index in [4.69, 9.17) is 0 Å². The topological polar surface area (TPSA) is 39.9 Å². The molecule has 3 heterocycles. The summed E-state index contributed by atoms with van der Waals surface area (Å²) in [7, 11) is 0. The highest BCUT2D eigenvalue weighted by Gasteiger charge is 2.30. The van der Waals surface area contributed by atoms with Crippen LogP contribution in [0.1, 0.15) is 30.1 Å². The average Bonchev–Trinajstić information content (AvgIpc) is 2.87. The lowest BCUT2D eigenvalue weighted by Gasteiger charge is -2.34. The maximum absolute atomic E-state index is 3.75. The highest BCUT2D eigenvalue weighted by atomic mass is 15.0. The summed E-state index contributed by atoms with van der Waals surface area (Å²) in [5.74, 6) is 0.772. The molecule has 2 aliphatic rings. The van der Waals surface area contributed by atoms with Crippen LogP contribution in [-0.2, 0) is 6.42 Å². The van der Waals surface area contributed by atoms with E-state index in [9.17, 15) is 0 Å². The summed E-state index contributed by atoms with van der Waals surface area (Å²) >= 11 is 0. The minimum Gasteiger partial charge on any atom is -0.357 e. The fraction of sp³-hybridized carbons (Fsp3) is 0.500. The summed E-state index contributed by atoms with van der Waals surface area (Å²) in [6, 6.07) is 9.26. The van der Waals surface area contributed by atoms with Gasteiger partial charge in [0.2, 0.25) is 0 Å². The van der Waals surface area contributed by atoms with Crippen molar-refractivity contribution in [3.8, 4) is 0 Å². The van der Waals surface area contributed by atoms with E-state index in [0.29, 0.717) is 6.04 Å². The van der Waals surface area contributed by atoms with Gasteiger partial charge in [-0.3, -0.25) is 0 Å². The van der Waals surface area contributed by atoms with Crippen molar-refractivity contribution in [2.24, 2.45) is 5.92 Å². The molecule has 1 saturated heterocycles. The van der Waals surface area contributed by atoms with Gasteiger partial charge < -0.3 is 15.6 Å². The average molecular weight is 255 g/mol. The highest BCUT2D eigenvalue weighted by Crippen LogP contribution is 2.36. The summed E-state index contributed by atoms with van der Waals surface area (Å²) in [5, 5.41) is 8.64. The Labute approximate surface area is 113 Å². The molecule has 1 fully saturated rings. The minimum atomic E-state index is 0.526. The Morgan fingerprint density at radius 2 is 1.84 bits per heavy atom. The van der Waals surface area contributed by atoms with Gasteiger partial charge in [0.05, 0.1) is 6.04 Å². The predicted molar refractivity (Wildman–Crippen MR) is 78.3 cm³/mol. The number of aromatic amines is 1. The molecule has 100 valence electrons. The number of hydrogen-bond donors (Lipinski definition) is 3. The lowest BCUT2D eigenvalue weighted by Crippen LogP contribution is -2.39. The van der Waals surface area contributed by atoms with Crippen molar-refractivity contribution in [2.45, 2.75) is 25.3 Å². The van der Waals surface area contributed by atoms with Crippen LogP contribution in [0.3, 0.4) is 0 Å². The molecule has 0 bridgehead atoms. The quantitative estimate of drug-likeness (QED) is 0.732. The molecule has 4 rings (SSSR count). The summed E-state index contributed by atoms with van der Waals surface area (Å²) in [6.45, 7) is 3.44. The predicted octanol–water partition coefficient (Wildman–Crippen LogP) is 2.35. The van der Waals surface area contributed by atoms with Gasteiger partial charge in [0.1, 0.15) is 0 Å². The van der Waals surface area contributed by atoms with Gasteiger partial charge in [-0.15, -0.1) is 0 Å². The van der Waals surface area contributed by atoms with Crippen molar-refractivity contribution in [2.75, 3.05) is 19.6 Å². The molecule has 1 aromatic carbocycles. The second kappa shape index (κ2) is 4.66. The number of rotatable bonds is 1. The van der Waals surface area contributed by atoms with E-state index in [2.05, 4.69) is 39.9 Å². The number of nitrogens with one attached hydrogen (secondary N) is 3. The third-order valence-corrected chi connectivity index (χ3v) is 4.75. The monoisotopic (exact) mass is 255 g/mol. The van der Waals surface area contributed by atoms with Crippen LogP contribution in [0.25, 0.3) is 10.9 Å². The number of aromatic nitrogens is 1. The number of H-pyrrole nitrogens is 1. The molecule has 19 heavy (non-hydrogen) atoms. The minimum absolute atomic E-state index is 0.526. The molecule has 0 radical (unpaired) electrons. The van der Waals surface area contributed by atoms with Gasteiger partial charge in [-0.1, -0.05) is 18.2 Å². The maximum Gasteiger partial charge on any atom is 0.0505 e. The number of hydrogen-bond acceptors (Lipinski definition) is 2. The van der Waals surface area contributed by atoms with Crippen molar-refractivity contribution in [3.63, 3.8) is 0 Å². The second-order valence-corrected chi connectivity index (χ2v) is 5.83. The molecule has 3 heteroatoms. The lowest BCUT2D eigenvalue weighted by atomic mass is 9.84. The van der Waals surface area contributed by atoms with Crippen molar-refractivity contribution in [1.82, 2.24) is 15.6 Å². The molecule has 0 amide bonds. The van der Waals surface area contributed by atoms with Crippen LogP contribution in [0.4, 0.5) is 0 Å². The molecule has 0 aliphatic carbocycles. The first-order valence-corrected chi connectivity index (χ1v) is 7.47. The zero-order valence-corrected chi connectivity index (χ0v) is 11.2. The van der Waals surface area contributed by atoms with E-state index in [1.165, 1.54) is 42.5 Å². The van der Waals surface area contributed by atoms with Crippen LogP contribution in [0.15, 0.2) is 24.3 Å². The van der Waals surface area contributed by atoms with Gasteiger partial charge >= 0.3 is 0 Å². The Hall–Kier alpha value is -1.32. The summed E-state index contributed by atoms with van der Waals surface area (Å²) < 4.78 is 0. The van der Waals surface area contributed by atoms with Crippen molar-refractivity contribution in [3.05, 3.63) is 35.5 Å². The van der Waals surface area contributed by atoms with E-state index in [1.54, 1.807) is 5.56 Å². The molecule has 1 aromatic heterocycles. The van der Waals surface area contributed by atoms with Gasteiger partial charge in [-0.05, 0) is 56.4 Å². The summed E-state index contributed by atoms with van der Waals surface area (Å²) in [5.41, 5.74) is 4.31. The standard InChI is InChI=1S/C16H21N3/c1-2-4-14-12(3-1)13-7-10-18-15(16(13)19-14)11-5-8-17-9-6-11/h1-4,11,15,17-19H,5-10H2. The Balaban J connectivity index is 1.77. The lowest BCUT2D eigenvalue weighted by molar-refractivity contribution is 0.272. The van der Waals surface area contributed by atoms with E-state index >= 15 is 0 Å². The Morgan fingerprint density at radius 1 is 1.00 bits per heavy atom. The Bertz CT molecular complexity index is 581. The van der Waals surface area contributed by atoms with Crippen molar-refractivity contribution >= 4 is 10.9 Å². The fourth-order valence-electron chi connectivity index (χ4n) is 3.79. The molecule has 0 spiro atoms. The molecule has 1 atom stereocenters. The molecule has 1 unspecified atom stereocenters. The number of para-hydroxylation sites is 1. The van der Waals surface area contributed by atoms with Crippen molar-refractivity contribution in [1.29, 1.82) is 0 Å². The van der Waals surface area contributed by atoms with Crippen LogP contribution >= 0.6 is 0 Å². The first-order chi connectivity index (χ1) is 9.43. The molecular formula is C16H21N3. The zero-order valence-electron chi connectivity index (χ0n) is 11.2. The van der Waals surface area contributed by atoms with Crippen LogP contribution in [0, 0.1) is 5.92 Å². The Kier molecular flexibility index (Phi) is 2.82. The molecular weight excluding hydrogens is 234 g/mol. The van der Waals surface area contributed by atoms with Crippen LogP contribution in [0.5, 0.6) is 0 Å². The number of piperidine rings is 1. The third-order valence-electron chi connectivity index (χ3n) is 4.75. The maximum atomic E-state index is 3.75. The van der Waals surface area contributed by atoms with Gasteiger partial charge in [0.15, 0.2) is 0 Å². The summed E-state index contributed by atoms with van der Waals surface area (Å²) in [6.07, 6.45) is 3.72. The van der Waals surface area contributed by atoms with E-state index < -0.39 is 0 Å². The van der Waals surface area contributed by atoms with Crippen LogP contribution in [0.2, 0.25) is 0 Å². The highest BCUT2D eigenvalue weighted by molar-refractivity contribution is 5.85. The number of fused-ring (bicyclic) bond motifs is 3. The van der Waals surface area contributed by atoms with Gasteiger partial charge in [0.25, 0.3) is 0 Å². The molecule has 3 N–H and O–H groups in total. The van der Waals surface area contributed by atoms with E-state index in [-0.39, 0.29) is 0 Å². The largest absolute Gasteiger partial charge is 0.357 e. The van der Waals surface area contributed by atoms with Gasteiger partial charge in [-0.25, -0.2) is 0 Å². The van der Waals surface area contributed by atoms with Crippen LogP contribution in [-0.4, -0.2) is 24.6 Å². The second-order valence-electron chi connectivity index (χ2n) is 5.83. The molecule has 3 nitrogen and oxygen atoms in total. The smallest absolute Gasteiger partial charge is 0.0505 e. The SMILES string of the molecule is c1ccc2c3c([nH]c2c1)C(C1CCNCC1)NCC3. The van der Waals surface area contributed by atoms with Crippen LogP contribution < -0.4 is 10.6 Å². The van der Waals surface area contributed by atoms with E-state index in [1.807, 2.05) is 0 Å². The molecule has 0 saturated carbocycles. The van der Waals surface area contributed by atoms with Gasteiger partial charge in [0, 0.05) is 16.6 Å². The summed E-state index contributed by atoms with van der Waals surface area (Å²) in [4.78, 5) is 3.68. The number of benzene rings is 1. The first-order valence-electron chi connectivity index (χ1n) is 7.47. The fourth-order valence-corrected chi connectivity index (χ4v) is 3.79. The van der Waals surface area contributed by atoms with Crippen molar-refractivity contribution < 1.29 is 0 Å². The third kappa shape index (κ3) is 1.88. The van der Waals surface area contributed by atoms with Gasteiger partial charge in [-0.2, -0.15) is 0 Å². The zero-order chi connectivity index (χ0) is 12.7. The normalized spacial score (nSPS) is 24.5. The van der Waals surface area contributed by atoms with E-state index in [0.717, 1.165) is 18.9 Å².